The van der Waals surface area contributed by atoms with Crippen LogP contribution in [0.4, 0.5) is 0 Å². The average molecular weight is 232 g/mol. The van der Waals surface area contributed by atoms with Gasteiger partial charge in [0.25, 0.3) is 0 Å². The van der Waals surface area contributed by atoms with Crippen molar-refractivity contribution in [1.82, 2.24) is 9.38 Å². The minimum absolute atomic E-state index is 0.539. The van der Waals surface area contributed by atoms with Crippen LogP contribution in [-0.4, -0.2) is 16.5 Å². The smallest absolute Gasteiger partial charge is 0.137 e. The van der Waals surface area contributed by atoms with Gasteiger partial charge in [-0.3, -0.25) is 0 Å². The first kappa shape index (κ1) is 12.1. The molecule has 0 aromatic carbocycles. The van der Waals surface area contributed by atoms with Crippen molar-refractivity contribution in [2.24, 2.45) is 0 Å². The molecule has 0 unspecified atom stereocenters. The molecule has 0 radical (unpaired) electrons. The molecule has 17 heavy (non-hydrogen) atoms. The van der Waals surface area contributed by atoms with Crippen molar-refractivity contribution in [2.45, 2.75) is 39.7 Å². The number of methoxy groups -OCH3 is 1. The van der Waals surface area contributed by atoms with Crippen LogP contribution in [0.2, 0.25) is 0 Å². The lowest BCUT2D eigenvalue weighted by Gasteiger charge is -2.07. The van der Waals surface area contributed by atoms with Gasteiger partial charge in [-0.05, 0) is 24.0 Å². The average Bonchev–Trinajstić information content (AvgIpc) is 2.65. The Bertz CT molecular complexity index is 514. The standard InChI is InChI=1S/C14H20N2O/c1-5-13-12(9-17-4)15-14-7-6-11(10(2)3)8-16(13)14/h6-8,10H,5,9H2,1-4H3. The van der Waals surface area contributed by atoms with E-state index in [0.29, 0.717) is 12.5 Å². The van der Waals surface area contributed by atoms with Gasteiger partial charge in [0.15, 0.2) is 0 Å². The van der Waals surface area contributed by atoms with Gasteiger partial charge in [-0.2, -0.15) is 0 Å². The Balaban J connectivity index is 2.58. The van der Waals surface area contributed by atoms with E-state index >= 15 is 0 Å². The summed E-state index contributed by atoms with van der Waals surface area (Å²) in [5.41, 5.74) is 4.66. The SMILES string of the molecule is CCc1c(COC)nc2ccc(C(C)C)cn12. The quantitative estimate of drug-likeness (QED) is 0.809. The number of rotatable bonds is 4. The summed E-state index contributed by atoms with van der Waals surface area (Å²) < 4.78 is 7.40. The molecule has 0 aliphatic heterocycles. The monoisotopic (exact) mass is 232 g/mol. The van der Waals surface area contributed by atoms with E-state index in [1.807, 2.05) is 0 Å². The lowest BCUT2D eigenvalue weighted by Crippen LogP contribution is -1.98. The van der Waals surface area contributed by atoms with Crippen LogP contribution in [-0.2, 0) is 17.8 Å². The first-order valence-corrected chi connectivity index (χ1v) is 6.16. The number of fused-ring (bicyclic) bond motifs is 1. The highest BCUT2D eigenvalue weighted by Gasteiger charge is 2.11. The van der Waals surface area contributed by atoms with E-state index in [1.165, 1.54) is 11.3 Å². The Morgan fingerprint density at radius 3 is 2.71 bits per heavy atom. The fraction of sp³-hybridized carbons (Fsp3) is 0.500. The van der Waals surface area contributed by atoms with E-state index in [1.54, 1.807) is 7.11 Å². The lowest BCUT2D eigenvalue weighted by atomic mass is 10.1. The van der Waals surface area contributed by atoms with Gasteiger partial charge in [0, 0.05) is 19.0 Å². The first-order chi connectivity index (χ1) is 8.17. The molecule has 2 heterocycles. The number of ether oxygens (including phenoxy) is 1. The Hall–Kier alpha value is -1.35. The topological polar surface area (TPSA) is 26.5 Å². The summed E-state index contributed by atoms with van der Waals surface area (Å²) in [4.78, 5) is 4.61. The molecule has 0 saturated carbocycles. The molecular weight excluding hydrogens is 212 g/mol. The minimum Gasteiger partial charge on any atom is -0.378 e. The molecule has 0 amide bonds. The van der Waals surface area contributed by atoms with E-state index < -0.39 is 0 Å². The molecule has 0 fully saturated rings. The van der Waals surface area contributed by atoms with Crippen molar-refractivity contribution >= 4 is 5.65 Å². The molecule has 2 aromatic rings. The molecule has 92 valence electrons. The molecule has 0 aliphatic rings. The molecule has 0 bridgehead atoms. The summed E-state index contributed by atoms with van der Waals surface area (Å²) in [5.74, 6) is 0.539. The van der Waals surface area contributed by atoms with E-state index in [-0.39, 0.29) is 0 Å². The van der Waals surface area contributed by atoms with Gasteiger partial charge in [0.05, 0.1) is 12.3 Å². The number of imidazole rings is 1. The second kappa shape index (κ2) is 4.88. The maximum absolute atomic E-state index is 5.20. The Labute approximate surface area is 102 Å². The number of nitrogens with zero attached hydrogens (tertiary/aromatic N) is 2. The molecule has 2 rings (SSSR count). The zero-order valence-electron chi connectivity index (χ0n) is 11.0. The van der Waals surface area contributed by atoms with Crippen LogP contribution in [0.25, 0.3) is 5.65 Å². The van der Waals surface area contributed by atoms with Crippen molar-refractivity contribution in [1.29, 1.82) is 0 Å². The largest absolute Gasteiger partial charge is 0.378 e. The van der Waals surface area contributed by atoms with Crippen LogP contribution in [0.3, 0.4) is 0 Å². The maximum Gasteiger partial charge on any atom is 0.137 e. The van der Waals surface area contributed by atoms with Crippen molar-refractivity contribution in [3.05, 3.63) is 35.3 Å². The van der Waals surface area contributed by atoms with Crippen molar-refractivity contribution < 1.29 is 4.74 Å². The third-order valence-electron chi connectivity index (χ3n) is 3.11. The first-order valence-electron chi connectivity index (χ1n) is 6.16. The molecule has 0 aliphatic carbocycles. The van der Waals surface area contributed by atoms with E-state index in [2.05, 4.69) is 48.5 Å². The van der Waals surface area contributed by atoms with Crippen LogP contribution in [0, 0.1) is 0 Å². The molecule has 0 spiro atoms. The van der Waals surface area contributed by atoms with Crippen LogP contribution >= 0.6 is 0 Å². The van der Waals surface area contributed by atoms with Crippen molar-refractivity contribution in [3.63, 3.8) is 0 Å². The Morgan fingerprint density at radius 1 is 1.35 bits per heavy atom. The van der Waals surface area contributed by atoms with Crippen molar-refractivity contribution in [2.75, 3.05) is 7.11 Å². The highest BCUT2D eigenvalue weighted by Crippen LogP contribution is 2.19. The van der Waals surface area contributed by atoms with Crippen LogP contribution in [0.1, 0.15) is 43.6 Å². The van der Waals surface area contributed by atoms with Gasteiger partial charge >= 0.3 is 0 Å². The highest BCUT2D eigenvalue weighted by atomic mass is 16.5. The number of aromatic nitrogens is 2. The Morgan fingerprint density at radius 2 is 2.12 bits per heavy atom. The van der Waals surface area contributed by atoms with Crippen LogP contribution in [0.15, 0.2) is 18.3 Å². The molecule has 3 nitrogen and oxygen atoms in total. The summed E-state index contributed by atoms with van der Waals surface area (Å²) in [6.45, 7) is 7.16. The second-order valence-electron chi connectivity index (χ2n) is 4.64. The number of hydrogen-bond acceptors (Lipinski definition) is 2. The third kappa shape index (κ3) is 2.20. The van der Waals surface area contributed by atoms with Crippen LogP contribution < -0.4 is 0 Å². The van der Waals surface area contributed by atoms with Gasteiger partial charge in [0.1, 0.15) is 5.65 Å². The number of pyridine rings is 1. The fourth-order valence-corrected chi connectivity index (χ4v) is 2.13. The van der Waals surface area contributed by atoms with E-state index in [0.717, 1.165) is 17.8 Å². The summed E-state index contributed by atoms with van der Waals surface area (Å²) in [5, 5.41) is 0. The second-order valence-corrected chi connectivity index (χ2v) is 4.64. The third-order valence-corrected chi connectivity index (χ3v) is 3.11. The van der Waals surface area contributed by atoms with E-state index in [9.17, 15) is 0 Å². The van der Waals surface area contributed by atoms with Crippen LogP contribution in [0.5, 0.6) is 0 Å². The van der Waals surface area contributed by atoms with Crippen molar-refractivity contribution in [3.8, 4) is 0 Å². The minimum atomic E-state index is 0.539. The van der Waals surface area contributed by atoms with Gasteiger partial charge in [-0.15, -0.1) is 0 Å². The highest BCUT2D eigenvalue weighted by molar-refractivity contribution is 5.45. The summed E-state index contributed by atoms with van der Waals surface area (Å²) in [6.07, 6.45) is 3.17. The number of hydrogen-bond donors (Lipinski definition) is 0. The molecule has 0 atom stereocenters. The predicted molar refractivity (Wildman–Crippen MR) is 69.4 cm³/mol. The summed E-state index contributed by atoms with van der Waals surface area (Å²) in [6, 6.07) is 4.25. The van der Waals surface area contributed by atoms with Gasteiger partial charge in [0.2, 0.25) is 0 Å². The Kier molecular flexibility index (Phi) is 3.48. The zero-order chi connectivity index (χ0) is 12.4. The normalized spacial score (nSPS) is 11.6. The van der Waals surface area contributed by atoms with Gasteiger partial charge in [-0.25, -0.2) is 4.98 Å². The molecular formula is C14H20N2O. The lowest BCUT2D eigenvalue weighted by molar-refractivity contribution is 0.181. The van der Waals surface area contributed by atoms with Gasteiger partial charge < -0.3 is 9.14 Å². The predicted octanol–water partition coefficient (Wildman–Crippen LogP) is 3.17. The maximum atomic E-state index is 5.20. The zero-order valence-corrected chi connectivity index (χ0v) is 11.0. The molecule has 3 heteroatoms. The van der Waals surface area contributed by atoms with E-state index in [4.69, 9.17) is 4.74 Å². The molecule has 0 saturated heterocycles. The fourth-order valence-electron chi connectivity index (χ4n) is 2.13. The summed E-state index contributed by atoms with van der Waals surface area (Å²) in [7, 11) is 1.71. The summed E-state index contributed by atoms with van der Waals surface area (Å²) >= 11 is 0. The molecule has 0 N–H and O–H groups in total. The number of aryl methyl sites for hydroxylation is 1. The van der Waals surface area contributed by atoms with Gasteiger partial charge in [-0.1, -0.05) is 26.8 Å². The molecule has 2 aromatic heterocycles.